The molecule has 1 saturated heterocycles. The highest BCUT2D eigenvalue weighted by Crippen LogP contribution is 2.41. The van der Waals surface area contributed by atoms with E-state index >= 15 is 0 Å². The molecule has 6 nitrogen and oxygen atoms in total. The van der Waals surface area contributed by atoms with E-state index in [9.17, 15) is 9.59 Å². The molecule has 0 bridgehead atoms. The van der Waals surface area contributed by atoms with Crippen LogP contribution in [-0.4, -0.2) is 41.5 Å². The van der Waals surface area contributed by atoms with Crippen molar-refractivity contribution in [3.63, 3.8) is 0 Å². The maximum atomic E-state index is 12.4. The number of hydrogen-bond donors (Lipinski definition) is 0. The first-order valence-electron chi connectivity index (χ1n) is 7.38. The fraction of sp³-hybridized carbons (Fsp3) is 0.625. The van der Waals surface area contributed by atoms with Gasteiger partial charge < -0.3 is 14.2 Å². The molecule has 0 saturated carbocycles. The predicted octanol–water partition coefficient (Wildman–Crippen LogP) is 3.33. The summed E-state index contributed by atoms with van der Waals surface area (Å²) in [6, 6.07) is 3.25. The topological polar surface area (TPSA) is 65.1 Å². The Morgan fingerprint density at radius 2 is 1.91 bits per heavy atom. The zero-order valence-corrected chi connectivity index (χ0v) is 15.1. The molecule has 23 heavy (non-hydrogen) atoms. The van der Waals surface area contributed by atoms with E-state index in [1.807, 2.05) is 17.5 Å². The number of carbonyl (C=O) groups is 2. The van der Waals surface area contributed by atoms with Gasteiger partial charge in [0.2, 0.25) is 0 Å². The molecule has 1 aromatic heterocycles. The zero-order valence-electron chi connectivity index (χ0n) is 14.3. The van der Waals surface area contributed by atoms with Crippen molar-refractivity contribution in [2.75, 3.05) is 7.11 Å². The van der Waals surface area contributed by atoms with E-state index < -0.39 is 35.5 Å². The quantitative estimate of drug-likeness (QED) is 0.621. The number of β-lactam (4-membered cyclic amide) rings is 1. The average molecular weight is 341 g/mol. The molecule has 0 radical (unpaired) electrons. The first-order valence-corrected chi connectivity index (χ1v) is 8.26. The van der Waals surface area contributed by atoms with Crippen LogP contribution in [-0.2, 0) is 19.0 Å². The van der Waals surface area contributed by atoms with Crippen molar-refractivity contribution < 1.29 is 23.8 Å². The largest absolute Gasteiger partial charge is 0.443 e. The van der Waals surface area contributed by atoms with Gasteiger partial charge in [-0.3, -0.25) is 4.79 Å². The van der Waals surface area contributed by atoms with E-state index in [0.29, 0.717) is 0 Å². The van der Waals surface area contributed by atoms with Crippen LogP contribution < -0.4 is 0 Å². The molecule has 1 aliphatic heterocycles. The van der Waals surface area contributed by atoms with Crippen LogP contribution in [0.5, 0.6) is 0 Å². The number of hydrogen-bond acceptors (Lipinski definition) is 6. The summed E-state index contributed by atoms with van der Waals surface area (Å²) in [5.41, 5.74) is -0.672. The number of methoxy groups -OCH3 is 1. The lowest BCUT2D eigenvalue weighted by atomic mass is 9.96. The van der Waals surface area contributed by atoms with Crippen LogP contribution >= 0.6 is 11.3 Å². The molecule has 2 atom stereocenters. The van der Waals surface area contributed by atoms with Gasteiger partial charge in [0.1, 0.15) is 11.6 Å². The van der Waals surface area contributed by atoms with Crippen LogP contribution in [0.15, 0.2) is 17.5 Å². The van der Waals surface area contributed by atoms with Crippen LogP contribution in [0.2, 0.25) is 0 Å². The van der Waals surface area contributed by atoms with Crippen LogP contribution in [0, 0.1) is 0 Å². The van der Waals surface area contributed by atoms with Crippen molar-refractivity contribution in [1.82, 2.24) is 4.90 Å². The maximum absolute atomic E-state index is 12.4. The number of likely N-dealkylation sites (tertiary alicyclic amines) is 1. The molecule has 2 amide bonds. The van der Waals surface area contributed by atoms with Gasteiger partial charge in [0.05, 0.1) is 0 Å². The molecular weight excluding hydrogens is 318 g/mol. The Kier molecular flexibility index (Phi) is 4.84. The maximum Gasteiger partial charge on any atom is 0.417 e. The van der Waals surface area contributed by atoms with Gasteiger partial charge in [0.15, 0.2) is 11.9 Å². The summed E-state index contributed by atoms with van der Waals surface area (Å²) in [5.74, 6) is -1.33. The fourth-order valence-electron chi connectivity index (χ4n) is 2.18. The van der Waals surface area contributed by atoms with E-state index in [1.54, 1.807) is 34.6 Å². The number of carbonyl (C=O) groups excluding carboxylic acids is 2. The Bertz CT molecular complexity index is 576. The second kappa shape index (κ2) is 6.22. The minimum atomic E-state index is -0.921. The van der Waals surface area contributed by atoms with E-state index in [-0.39, 0.29) is 0 Å². The van der Waals surface area contributed by atoms with Crippen molar-refractivity contribution in [2.45, 2.75) is 58.2 Å². The van der Waals surface area contributed by atoms with E-state index in [1.165, 1.54) is 18.4 Å². The Labute approximate surface area is 140 Å². The molecule has 0 aromatic carbocycles. The summed E-state index contributed by atoms with van der Waals surface area (Å²) in [6.45, 7) is 8.73. The molecule has 1 fully saturated rings. The van der Waals surface area contributed by atoms with Crippen LogP contribution in [0.25, 0.3) is 0 Å². The summed E-state index contributed by atoms with van der Waals surface area (Å²) >= 11 is 1.46. The molecule has 0 N–H and O–H groups in total. The van der Waals surface area contributed by atoms with Gasteiger partial charge in [-0.25, -0.2) is 9.69 Å². The highest BCUT2D eigenvalue weighted by atomic mass is 32.1. The minimum Gasteiger partial charge on any atom is -0.443 e. The van der Waals surface area contributed by atoms with Crippen LogP contribution in [0.1, 0.15) is 45.5 Å². The molecule has 1 aliphatic rings. The van der Waals surface area contributed by atoms with Gasteiger partial charge in [-0.05, 0) is 46.1 Å². The van der Waals surface area contributed by atoms with Gasteiger partial charge in [-0.2, -0.15) is 0 Å². The van der Waals surface area contributed by atoms with Gasteiger partial charge in [-0.1, -0.05) is 6.07 Å². The molecule has 2 rings (SSSR count). The van der Waals surface area contributed by atoms with Crippen LogP contribution in [0.3, 0.4) is 0 Å². The molecule has 2 heterocycles. The molecule has 128 valence electrons. The van der Waals surface area contributed by atoms with Crippen molar-refractivity contribution >= 4 is 23.3 Å². The normalized spacial score (nSPS) is 22.0. The van der Waals surface area contributed by atoms with Crippen molar-refractivity contribution in [1.29, 1.82) is 0 Å². The fourth-order valence-corrected chi connectivity index (χ4v) is 3.02. The second-order valence-corrected chi connectivity index (χ2v) is 7.77. The zero-order chi connectivity index (χ0) is 17.4. The van der Waals surface area contributed by atoms with Gasteiger partial charge in [-0.15, -0.1) is 11.3 Å². The molecule has 1 aromatic rings. The minimum absolute atomic E-state index is 0.414. The predicted molar refractivity (Wildman–Crippen MR) is 86.1 cm³/mol. The number of ether oxygens (including phenoxy) is 3. The standard InChI is InChI=1S/C16H23NO5S/c1-15(2,3)22-14(19)17-11(10-8-7-9-23-10)12(13(17)18)21-16(4,5)20-6/h7-9,11-12H,1-6H3/t11-,12+/m0/s1. The first kappa shape index (κ1) is 17.9. The molecular formula is C16H23NO5S. The van der Waals surface area contributed by atoms with Gasteiger partial charge in [0, 0.05) is 12.0 Å². The third kappa shape index (κ3) is 3.91. The molecule has 0 unspecified atom stereocenters. The number of thiophene rings is 1. The lowest BCUT2D eigenvalue weighted by molar-refractivity contribution is -0.251. The smallest absolute Gasteiger partial charge is 0.417 e. The van der Waals surface area contributed by atoms with Gasteiger partial charge in [0.25, 0.3) is 5.91 Å². The summed E-state index contributed by atoms with van der Waals surface area (Å²) in [6.07, 6.45) is -1.42. The third-order valence-corrected chi connectivity index (χ3v) is 4.32. The average Bonchev–Trinajstić information content (AvgIpc) is 2.93. The molecule has 0 aliphatic carbocycles. The van der Waals surface area contributed by atoms with Crippen molar-refractivity contribution in [3.05, 3.63) is 22.4 Å². The van der Waals surface area contributed by atoms with Crippen molar-refractivity contribution in [3.8, 4) is 0 Å². The molecule has 7 heteroatoms. The lowest BCUT2D eigenvalue weighted by Gasteiger charge is -2.46. The Balaban J connectivity index is 2.23. The monoisotopic (exact) mass is 341 g/mol. The number of amides is 2. The SMILES string of the molecule is COC(C)(C)O[C@H]1C(=O)N(C(=O)OC(C)(C)C)[C@H]1c1cccs1. The van der Waals surface area contributed by atoms with Gasteiger partial charge >= 0.3 is 6.09 Å². The van der Waals surface area contributed by atoms with E-state index in [0.717, 1.165) is 9.78 Å². The second-order valence-electron chi connectivity index (χ2n) is 6.79. The van der Waals surface area contributed by atoms with Crippen molar-refractivity contribution in [2.24, 2.45) is 0 Å². The highest BCUT2D eigenvalue weighted by molar-refractivity contribution is 7.10. The molecule has 0 spiro atoms. The van der Waals surface area contributed by atoms with Crippen LogP contribution in [0.4, 0.5) is 4.79 Å². The first-order chi connectivity index (χ1) is 10.6. The highest BCUT2D eigenvalue weighted by Gasteiger charge is 2.56. The van der Waals surface area contributed by atoms with E-state index in [4.69, 9.17) is 14.2 Å². The Hall–Kier alpha value is -1.44. The number of rotatable bonds is 4. The lowest BCUT2D eigenvalue weighted by Crippen LogP contribution is -2.64. The summed E-state index contributed by atoms with van der Waals surface area (Å²) in [7, 11) is 1.51. The Morgan fingerprint density at radius 1 is 1.26 bits per heavy atom. The number of nitrogens with zero attached hydrogens (tertiary/aromatic N) is 1. The summed E-state index contributed by atoms with van der Waals surface area (Å²) < 4.78 is 16.3. The summed E-state index contributed by atoms with van der Waals surface area (Å²) in [5, 5.41) is 1.89. The van der Waals surface area contributed by atoms with E-state index in [2.05, 4.69) is 0 Å². The third-order valence-electron chi connectivity index (χ3n) is 3.37. The Morgan fingerprint density at radius 3 is 2.39 bits per heavy atom. The number of imide groups is 1. The summed E-state index contributed by atoms with van der Waals surface area (Å²) in [4.78, 5) is 26.8.